The predicted molar refractivity (Wildman–Crippen MR) is 98.4 cm³/mol. The summed E-state index contributed by atoms with van der Waals surface area (Å²) in [5, 5.41) is 5.92. The van der Waals surface area contributed by atoms with Gasteiger partial charge in [0.1, 0.15) is 5.82 Å². The van der Waals surface area contributed by atoms with Crippen LogP contribution in [-0.4, -0.2) is 10.9 Å². The summed E-state index contributed by atoms with van der Waals surface area (Å²) in [6, 6.07) is 14.3. The lowest BCUT2D eigenvalue weighted by molar-refractivity contribution is -0.137. The third-order valence-corrected chi connectivity index (χ3v) is 3.98. The van der Waals surface area contributed by atoms with Gasteiger partial charge in [-0.15, -0.1) is 0 Å². The number of nitrogens with one attached hydrogen (secondary N) is 2. The van der Waals surface area contributed by atoms with Crippen molar-refractivity contribution in [3.63, 3.8) is 0 Å². The minimum Gasteiger partial charge on any atom is -0.340 e. The molecule has 8 heteroatoms. The first-order chi connectivity index (χ1) is 12.8. The van der Waals surface area contributed by atoms with E-state index < -0.39 is 17.6 Å². The number of alkyl halides is 3. The van der Waals surface area contributed by atoms with E-state index in [1.807, 2.05) is 0 Å². The van der Waals surface area contributed by atoms with Crippen LogP contribution in [0.4, 0.5) is 30.4 Å². The molecule has 0 saturated carbocycles. The van der Waals surface area contributed by atoms with Gasteiger partial charge >= 0.3 is 6.18 Å². The molecule has 2 aromatic carbocycles. The van der Waals surface area contributed by atoms with Crippen molar-refractivity contribution in [2.75, 3.05) is 10.6 Å². The highest BCUT2D eigenvalue weighted by Gasteiger charge is 2.30. The van der Waals surface area contributed by atoms with Gasteiger partial charge in [0.2, 0.25) is 0 Å². The standard InChI is InChI=1S/C19H13ClF3N3O/c20-15-5-1-2-6-16(15)26-18(27)14-4-3-11-24-17(14)25-13-9-7-12(8-10-13)19(21,22)23/h1-11H,(H,24,25)(H,26,27). The van der Waals surface area contributed by atoms with E-state index in [-0.39, 0.29) is 11.4 Å². The zero-order chi connectivity index (χ0) is 19.4. The number of rotatable bonds is 4. The Balaban J connectivity index is 1.82. The molecule has 0 aliphatic rings. The maximum atomic E-state index is 12.7. The van der Waals surface area contributed by atoms with Crippen molar-refractivity contribution >= 4 is 34.7 Å². The first-order valence-electron chi connectivity index (χ1n) is 7.80. The van der Waals surface area contributed by atoms with E-state index in [0.717, 1.165) is 12.1 Å². The smallest absolute Gasteiger partial charge is 0.340 e. The lowest BCUT2D eigenvalue weighted by Gasteiger charge is -2.13. The highest BCUT2D eigenvalue weighted by Crippen LogP contribution is 2.30. The van der Waals surface area contributed by atoms with Crippen molar-refractivity contribution in [2.24, 2.45) is 0 Å². The number of aromatic nitrogens is 1. The van der Waals surface area contributed by atoms with E-state index in [2.05, 4.69) is 15.6 Å². The van der Waals surface area contributed by atoms with E-state index >= 15 is 0 Å². The molecule has 0 radical (unpaired) electrons. The first kappa shape index (κ1) is 18.7. The minimum absolute atomic E-state index is 0.210. The summed E-state index contributed by atoms with van der Waals surface area (Å²) >= 11 is 6.04. The summed E-state index contributed by atoms with van der Waals surface area (Å²) in [6.45, 7) is 0. The zero-order valence-electron chi connectivity index (χ0n) is 13.7. The number of pyridine rings is 1. The molecule has 0 spiro atoms. The van der Waals surface area contributed by atoms with Crippen molar-refractivity contribution in [1.29, 1.82) is 0 Å². The maximum Gasteiger partial charge on any atom is 0.416 e. The van der Waals surface area contributed by atoms with Crippen LogP contribution in [0.15, 0.2) is 66.9 Å². The summed E-state index contributed by atoms with van der Waals surface area (Å²) in [7, 11) is 0. The second-order valence-electron chi connectivity index (χ2n) is 5.53. The molecule has 0 aliphatic carbocycles. The zero-order valence-corrected chi connectivity index (χ0v) is 14.5. The SMILES string of the molecule is O=C(Nc1ccccc1Cl)c1cccnc1Nc1ccc(C(F)(F)F)cc1. The molecule has 1 heterocycles. The van der Waals surface area contributed by atoms with E-state index in [0.29, 0.717) is 16.4 Å². The third kappa shape index (κ3) is 4.57. The lowest BCUT2D eigenvalue weighted by atomic mass is 10.2. The molecule has 0 bridgehead atoms. The summed E-state index contributed by atoms with van der Waals surface area (Å²) < 4.78 is 38.0. The molecule has 0 saturated heterocycles. The van der Waals surface area contributed by atoms with Crippen LogP contribution in [0.5, 0.6) is 0 Å². The Labute approximate surface area is 158 Å². The van der Waals surface area contributed by atoms with Gasteiger partial charge in [-0.3, -0.25) is 4.79 Å². The Morgan fingerprint density at radius 1 is 0.963 bits per heavy atom. The van der Waals surface area contributed by atoms with Gasteiger partial charge in [-0.05, 0) is 48.5 Å². The molecule has 3 aromatic rings. The van der Waals surface area contributed by atoms with Crippen molar-refractivity contribution in [3.8, 4) is 0 Å². The second-order valence-corrected chi connectivity index (χ2v) is 5.94. The number of anilines is 3. The first-order valence-corrected chi connectivity index (χ1v) is 8.17. The van der Waals surface area contributed by atoms with Crippen LogP contribution in [0.3, 0.4) is 0 Å². The van der Waals surface area contributed by atoms with Gasteiger partial charge in [0.15, 0.2) is 0 Å². The Bertz CT molecular complexity index is 959. The fourth-order valence-corrected chi connectivity index (χ4v) is 2.50. The number of nitrogens with zero attached hydrogens (tertiary/aromatic N) is 1. The molecule has 138 valence electrons. The van der Waals surface area contributed by atoms with Crippen LogP contribution < -0.4 is 10.6 Å². The molecule has 4 nitrogen and oxygen atoms in total. The molecule has 1 amide bonds. The molecular formula is C19H13ClF3N3O. The van der Waals surface area contributed by atoms with E-state index in [9.17, 15) is 18.0 Å². The Morgan fingerprint density at radius 3 is 2.33 bits per heavy atom. The van der Waals surface area contributed by atoms with Gasteiger partial charge in [0.05, 0.1) is 21.8 Å². The van der Waals surface area contributed by atoms with E-state index in [1.54, 1.807) is 36.4 Å². The highest BCUT2D eigenvalue weighted by atomic mass is 35.5. The number of benzene rings is 2. The number of amides is 1. The summed E-state index contributed by atoms with van der Waals surface area (Å²) in [5.41, 5.74) is 0.269. The van der Waals surface area contributed by atoms with Crippen molar-refractivity contribution in [2.45, 2.75) is 6.18 Å². The van der Waals surface area contributed by atoms with Gasteiger partial charge in [0, 0.05) is 11.9 Å². The average Bonchev–Trinajstić information content (AvgIpc) is 2.64. The lowest BCUT2D eigenvalue weighted by Crippen LogP contribution is -2.15. The number of halogens is 4. The molecule has 0 fully saturated rings. The number of carbonyl (C=O) groups is 1. The summed E-state index contributed by atoms with van der Waals surface area (Å²) in [4.78, 5) is 16.7. The van der Waals surface area contributed by atoms with Crippen molar-refractivity contribution in [1.82, 2.24) is 4.98 Å². The fraction of sp³-hybridized carbons (Fsp3) is 0.0526. The monoisotopic (exact) mass is 391 g/mol. The highest BCUT2D eigenvalue weighted by molar-refractivity contribution is 6.34. The van der Waals surface area contributed by atoms with Crippen molar-refractivity contribution in [3.05, 3.63) is 83.0 Å². The van der Waals surface area contributed by atoms with Crippen LogP contribution in [0, 0.1) is 0 Å². The largest absolute Gasteiger partial charge is 0.416 e. The number of carbonyl (C=O) groups excluding carboxylic acids is 1. The molecule has 0 aliphatic heterocycles. The molecule has 1 aromatic heterocycles. The Kier molecular flexibility index (Phi) is 5.32. The number of para-hydroxylation sites is 1. The number of hydrogen-bond donors (Lipinski definition) is 2. The average molecular weight is 392 g/mol. The topological polar surface area (TPSA) is 54.0 Å². The fourth-order valence-electron chi connectivity index (χ4n) is 2.32. The van der Waals surface area contributed by atoms with Crippen LogP contribution in [0.1, 0.15) is 15.9 Å². The van der Waals surface area contributed by atoms with Crippen LogP contribution in [0.2, 0.25) is 5.02 Å². The van der Waals surface area contributed by atoms with Gasteiger partial charge in [-0.1, -0.05) is 23.7 Å². The Hall–Kier alpha value is -3.06. The number of hydrogen-bond acceptors (Lipinski definition) is 3. The van der Waals surface area contributed by atoms with E-state index in [4.69, 9.17) is 11.6 Å². The van der Waals surface area contributed by atoms with Crippen molar-refractivity contribution < 1.29 is 18.0 Å². The Morgan fingerprint density at radius 2 is 1.67 bits per heavy atom. The molecule has 27 heavy (non-hydrogen) atoms. The molecule has 3 rings (SSSR count). The van der Waals surface area contributed by atoms with Gasteiger partial charge in [-0.2, -0.15) is 13.2 Å². The summed E-state index contributed by atoms with van der Waals surface area (Å²) in [6.07, 6.45) is -2.94. The van der Waals surface area contributed by atoms with E-state index in [1.165, 1.54) is 18.3 Å². The predicted octanol–water partition coefficient (Wildman–Crippen LogP) is 5.75. The second kappa shape index (κ2) is 7.67. The maximum absolute atomic E-state index is 12.7. The normalized spacial score (nSPS) is 11.1. The van der Waals surface area contributed by atoms with Crippen LogP contribution in [0.25, 0.3) is 0 Å². The summed E-state index contributed by atoms with van der Waals surface area (Å²) in [5.74, 6) is -0.243. The molecule has 0 atom stereocenters. The van der Waals surface area contributed by atoms with Gasteiger partial charge in [-0.25, -0.2) is 4.98 Å². The van der Waals surface area contributed by atoms with Crippen LogP contribution >= 0.6 is 11.6 Å². The minimum atomic E-state index is -4.41. The van der Waals surface area contributed by atoms with Crippen LogP contribution in [-0.2, 0) is 6.18 Å². The van der Waals surface area contributed by atoms with Gasteiger partial charge in [0.25, 0.3) is 5.91 Å². The quantitative estimate of drug-likeness (QED) is 0.595. The third-order valence-electron chi connectivity index (χ3n) is 3.65. The van der Waals surface area contributed by atoms with Gasteiger partial charge < -0.3 is 10.6 Å². The molecule has 2 N–H and O–H groups in total. The molecule has 0 unspecified atom stereocenters. The molecular weight excluding hydrogens is 379 g/mol.